The number of amides is 2. The number of hydrogen-bond donors (Lipinski definition) is 2. The Balaban J connectivity index is 0.000000454. The average molecular weight is 515 g/mol. The van der Waals surface area contributed by atoms with Crippen LogP contribution in [-0.2, 0) is 26.5 Å². The van der Waals surface area contributed by atoms with Crippen molar-refractivity contribution in [3.63, 3.8) is 0 Å². The molecule has 0 bridgehead atoms. The van der Waals surface area contributed by atoms with Crippen molar-refractivity contribution in [1.82, 2.24) is 19.8 Å². The molecule has 36 heavy (non-hydrogen) atoms. The van der Waals surface area contributed by atoms with Gasteiger partial charge in [-0.1, -0.05) is 13.8 Å². The van der Waals surface area contributed by atoms with Crippen LogP contribution in [0.3, 0.4) is 0 Å². The molecule has 4 heterocycles. The number of nitrogens with one attached hydrogen (secondary N) is 1. The third-order valence-electron chi connectivity index (χ3n) is 6.02. The summed E-state index contributed by atoms with van der Waals surface area (Å²) < 4.78 is 45.4. The minimum Gasteiger partial charge on any atom is -0.475 e. The molecular weight excluding hydrogens is 485 g/mol. The van der Waals surface area contributed by atoms with Crippen molar-refractivity contribution in [2.45, 2.75) is 58.0 Å². The number of nitrogens with zero attached hydrogens (tertiary/aromatic N) is 3. The first-order valence-corrected chi connectivity index (χ1v) is 11.4. The monoisotopic (exact) mass is 514 g/mol. The van der Waals surface area contributed by atoms with E-state index in [1.54, 1.807) is 19.2 Å². The maximum Gasteiger partial charge on any atom is 0.490 e. The van der Waals surface area contributed by atoms with Crippen molar-refractivity contribution >= 4 is 17.8 Å². The number of carbonyl (C=O) groups excluding carboxylic acids is 2. The standard InChI is InChI=1S/C21H28N4O4.C2HF3O2/c1-14(2)12-23-18(26)17-13-25-10-7-22-20(25)21(29-17)5-8-24(9-6-21)19(27)16-4-11-28-15(16)3;3-2(4,5)1(6)7/h4,7,10-11,14,17H,5-6,8-9,12-13H2,1-3H3,(H,23,26);(H,6,7). The molecule has 2 aromatic rings. The largest absolute Gasteiger partial charge is 0.490 e. The Labute approximate surface area is 205 Å². The fourth-order valence-electron chi connectivity index (χ4n) is 4.14. The number of aliphatic carboxylic acids is 1. The molecule has 2 amide bonds. The lowest BCUT2D eigenvalue weighted by Crippen LogP contribution is -2.55. The number of carboxylic acids is 1. The zero-order valence-corrected chi connectivity index (χ0v) is 20.2. The Kier molecular flexibility index (Phi) is 8.12. The number of imidazole rings is 1. The number of alkyl halides is 3. The number of aromatic nitrogens is 2. The zero-order chi connectivity index (χ0) is 26.7. The molecule has 10 nitrogen and oxygen atoms in total. The number of hydrogen-bond acceptors (Lipinski definition) is 6. The molecule has 1 unspecified atom stereocenters. The molecule has 13 heteroatoms. The highest BCUT2D eigenvalue weighted by Crippen LogP contribution is 2.40. The van der Waals surface area contributed by atoms with E-state index in [-0.39, 0.29) is 11.8 Å². The van der Waals surface area contributed by atoms with E-state index in [0.29, 0.717) is 56.3 Å². The number of rotatable bonds is 4. The highest BCUT2D eigenvalue weighted by Gasteiger charge is 2.47. The van der Waals surface area contributed by atoms with Crippen LogP contribution in [0.2, 0.25) is 0 Å². The summed E-state index contributed by atoms with van der Waals surface area (Å²) in [5, 5.41) is 10.1. The summed E-state index contributed by atoms with van der Waals surface area (Å²) in [5.41, 5.74) is -0.0537. The summed E-state index contributed by atoms with van der Waals surface area (Å²) in [6.07, 6.45) is 0.737. The van der Waals surface area contributed by atoms with Gasteiger partial charge in [0.2, 0.25) is 0 Å². The van der Waals surface area contributed by atoms with Crippen LogP contribution in [-0.4, -0.2) is 69.3 Å². The number of aryl methyl sites for hydroxylation is 1. The molecule has 0 saturated carbocycles. The predicted octanol–water partition coefficient (Wildman–Crippen LogP) is 2.72. The van der Waals surface area contributed by atoms with Crippen molar-refractivity contribution in [2.75, 3.05) is 19.6 Å². The van der Waals surface area contributed by atoms with Crippen molar-refractivity contribution in [2.24, 2.45) is 5.92 Å². The van der Waals surface area contributed by atoms with E-state index in [4.69, 9.17) is 19.1 Å². The van der Waals surface area contributed by atoms with E-state index >= 15 is 0 Å². The predicted molar refractivity (Wildman–Crippen MR) is 119 cm³/mol. The molecule has 0 aromatic carbocycles. The van der Waals surface area contributed by atoms with E-state index < -0.39 is 23.9 Å². The first kappa shape index (κ1) is 27.2. The number of carbonyl (C=O) groups is 3. The van der Waals surface area contributed by atoms with Crippen molar-refractivity contribution < 1.29 is 41.8 Å². The molecule has 1 spiro atoms. The number of ether oxygens (including phenoxy) is 1. The smallest absolute Gasteiger partial charge is 0.475 e. The molecule has 1 saturated heterocycles. The molecule has 0 radical (unpaired) electrons. The Morgan fingerprint density at radius 3 is 2.44 bits per heavy atom. The molecule has 2 aromatic heterocycles. The number of piperidine rings is 1. The second-order valence-corrected chi connectivity index (χ2v) is 9.13. The van der Waals surface area contributed by atoms with Gasteiger partial charge in [0.05, 0.1) is 18.4 Å². The third kappa shape index (κ3) is 6.07. The summed E-state index contributed by atoms with van der Waals surface area (Å²) >= 11 is 0. The molecule has 2 N–H and O–H groups in total. The van der Waals surface area contributed by atoms with Crippen molar-refractivity contribution in [1.29, 1.82) is 0 Å². The van der Waals surface area contributed by atoms with Gasteiger partial charge in [0.15, 0.2) is 6.10 Å². The van der Waals surface area contributed by atoms with Crippen molar-refractivity contribution in [3.05, 3.63) is 41.9 Å². The first-order chi connectivity index (χ1) is 16.8. The van der Waals surface area contributed by atoms with Crippen LogP contribution in [0.4, 0.5) is 13.2 Å². The van der Waals surface area contributed by atoms with Crippen LogP contribution >= 0.6 is 0 Å². The summed E-state index contributed by atoms with van der Waals surface area (Å²) in [6, 6.07) is 1.71. The highest BCUT2D eigenvalue weighted by atomic mass is 19.4. The van der Waals surface area contributed by atoms with Gasteiger partial charge in [-0.2, -0.15) is 13.2 Å². The quantitative estimate of drug-likeness (QED) is 0.642. The maximum absolute atomic E-state index is 12.8. The van der Waals surface area contributed by atoms with Crippen molar-refractivity contribution in [3.8, 4) is 0 Å². The number of likely N-dealkylation sites (tertiary alicyclic amines) is 1. The van der Waals surface area contributed by atoms with Crippen LogP contribution in [0.1, 0.15) is 48.6 Å². The zero-order valence-electron chi connectivity index (χ0n) is 20.2. The minimum atomic E-state index is -5.08. The van der Waals surface area contributed by atoms with Gasteiger partial charge >= 0.3 is 12.1 Å². The Morgan fingerprint density at radius 2 is 1.92 bits per heavy atom. The van der Waals surface area contributed by atoms with E-state index in [2.05, 4.69) is 24.1 Å². The first-order valence-electron chi connectivity index (χ1n) is 11.4. The lowest BCUT2D eigenvalue weighted by atomic mass is 9.88. The molecule has 1 atom stereocenters. The molecule has 0 aliphatic carbocycles. The molecule has 198 valence electrons. The van der Waals surface area contributed by atoms with Gasteiger partial charge in [-0.3, -0.25) is 9.59 Å². The molecule has 2 aliphatic rings. The number of carboxylic acid groups (broad SMARTS) is 1. The second-order valence-electron chi connectivity index (χ2n) is 9.13. The highest BCUT2D eigenvalue weighted by molar-refractivity contribution is 5.95. The molecule has 4 rings (SSSR count). The van der Waals surface area contributed by atoms with Gasteiger partial charge in [-0.05, 0) is 18.9 Å². The normalized spacial score (nSPS) is 18.9. The van der Waals surface area contributed by atoms with E-state index in [1.807, 2.05) is 15.7 Å². The fraction of sp³-hybridized carbons (Fsp3) is 0.565. The van der Waals surface area contributed by atoms with E-state index in [0.717, 1.165) is 5.82 Å². The van der Waals surface area contributed by atoms with Gasteiger partial charge in [0.25, 0.3) is 11.8 Å². The van der Waals surface area contributed by atoms with Gasteiger partial charge in [0, 0.05) is 44.9 Å². The second kappa shape index (κ2) is 10.7. The Bertz CT molecular complexity index is 1090. The lowest BCUT2D eigenvalue weighted by Gasteiger charge is -2.45. The van der Waals surface area contributed by atoms with Crippen LogP contribution < -0.4 is 5.32 Å². The minimum absolute atomic E-state index is 0.0310. The molecular formula is C23H29F3N4O6. The van der Waals surface area contributed by atoms with Gasteiger partial charge < -0.3 is 29.0 Å². The SMILES string of the molecule is Cc1occc1C(=O)N1CCC2(CC1)OC(C(=O)NCC(C)C)Cn1ccnc12.O=C(O)C(F)(F)F. The van der Waals surface area contributed by atoms with Crippen LogP contribution in [0, 0.1) is 12.8 Å². The summed E-state index contributed by atoms with van der Waals surface area (Å²) in [4.78, 5) is 40.7. The molecule has 2 aliphatic heterocycles. The number of halogens is 3. The summed E-state index contributed by atoms with van der Waals surface area (Å²) in [7, 11) is 0. The topological polar surface area (TPSA) is 127 Å². The Hall–Kier alpha value is -3.35. The van der Waals surface area contributed by atoms with Crippen LogP contribution in [0.25, 0.3) is 0 Å². The van der Waals surface area contributed by atoms with Crippen LogP contribution in [0.15, 0.2) is 29.1 Å². The van der Waals surface area contributed by atoms with Gasteiger partial charge in [-0.15, -0.1) is 0 Å². The summed E-state index contributed by atoms with van der Waals surface area (Å²) in [5.74, 6) is -1.03. The average Bonchev–Trinajstić information content (AvgIpc) is 3.46. The van der Waals surface area contributed by atoms with Gasteiger partial charge in [0.1, 0.15) is 17.2 Å². The third-order valence-corrected chi connectivity index (χ3v) is 6.02. The van der Waals surface area contributed by atoms with Crippen LogP contribution in [0.5, 0.6) is 0 Å². The Morgan fingerprint density at radius 1 is 1.28 bits per heavy atom. The number of furan rings is 1. The summed E-state index contributed by atoms with van der Waals surface area (Å²) in [6.45, 7) is 8.07. The van der Waals surface area contributed by atoms with E-state index in [9.17, 15) is 22.8 Å². The lowest BCUT2D eigenvalue weighted by molar-refractivity contribution is -0.192. The van der Waals surface area contributed by atoms with Gasteiger partial charge in [-0.25, -0.2) is 9.78 Å². The maximum atomic E-state index is 12.8. The molecule has 1 fully saturated rings. The fourth-order valence-corrected chi connectivity index (χ4v) is 4.14. The van der Waals surface area contributed by atoms with E-state index in [1.165, 1.54) is 6.26 Å². The number of fused-ring (bicyclic) bond motifs is 2.